The first-order valence-corrected chi connectivity index (χ1v) is 4.71. The predicted molar refractivity (Wildman–Crippen MR) is 59.8 cm³/mol. The van der Waals surface area contributed by atoms with E-state index in [1.807, 2.05) is 0 Å². The van der Waals surface area contributed by atoms with Crippen molar-refractivity contribution in [2.75, 3.05) is 20.0 Å². The van der Waals surface area contributed by atoms with Crippen LogP contribution < -0.4 is 20.6 Å². The Balaban J connectivity index is 2.94. The molecule has 2 aliphatic rings. The second-order valence-electron chi connectivity index (χ2n) is 3.33. The smallest absolute Gasteiger partial charge is 0.233 e. The van der Waals surface area contributed by atoms with Gasteiger partial charge in [0, 0.05) is 5.56 Å². The van der Waals surface area contributed by atoms with Gasteiger partial charge in [-0.05, 0) is 0 Å². The van der Waals surface area contributed by atoms with Crippen molar-refractivity contribution in [3.05, 3.63) is 22.6 Å². The lowest BCUT2D eigenvalue weighted by molar-refractivity contribution is 0.144. The maximum atomic E-state index is 12.0. The van der Waals surface area contributed by atoms with E-state index in [1.54, 1.807) is 0 Å². The fraction of sp³-hybridized carbons (Fsp3) is 0.200. The summed E-state index contributed by atoms with van der Waals surface area (Å²) in [5.74, 6) is 0.172. The first-order chi connectivity index (χ1) is 8.10. The second kappa shape index (κ2) is 3.85. The van der Waals surface area contributed by atoms with Crippen molar-refractivity contribution in [1.82, 2.24) is 9.94 Å². The number of ether oxygens (including phenoxy) is 2. The summed E-state index contributed by atoms with van der Waals surface area (Å²) in [6.07, 6.45) is 2.45. The highest BCUT2D eigenvalue weighted by Crippen LogP contribution is 2.38. The van der Waals surface area contributed by atoms with Gasteiger partial charge in [0.1, 0.15) is 0 Å². The predicted octanol–water partition coefficient (Wildman–Crippen LogP) is 0.185. The highest BCUT2D eigenvalue weighted by molar-refractivity contribution is 5.84. The van der Waals surface area contributed by atoms with Crippen molar-refractivity contribution in [2.45, 2.75) is 0 Å². The molecule has 90 valence electrons. The van der Waals surface area contributed by atoms with Gasteiger partial charge in [-0.1, -0.05) is 0 Å². The van der Waals surface area contributed by atoms with Gasteiger partial charge in [-0.3, -0.25) is 4.79 Å². The number of hydrogen-bond donors (Lipinski definition) is 2. The van der Waals surface area contributed by atoms with E-state index in [0.29, 0.717) is 10.4 Å². The van der Waals surface area contributed by atoms with Crippen LogP contribution in [0.5, 0.6) is 11.5 Å². The fourth-order valence-electron chi connectivity index (χ4n) is 1.66. The molecular formula is C10H11N3O4. The number of hydrogen-bond acceptors (Lipinski definition) is 6. The van der Waals surface area contributed by atoms with Crippen LogP contribution in [-0.4, -0.2) is 29.4 Å². The van der Waals surface area contributed by atoms with E-state index in [2.05, 4.69) is 5.10 Å². The SMILES string of the molecule is COc1c(N)c2cnn(O)cc-2c(=O)c1OC. The van der Waals surface area contributed by atoms with E-state index in [-0.39, 0.29) is 22.7 Å². The lowest BCUT2D eigenvalue weighted by Crippen LogP contribution is -2.16. The van der Waals surface area contributed by atoms with E-state index < -0.39 is 5.43 Å². The van der Waals surface area contributed by atoms with Crippen molar-refractivity contribution in [3.63, 3.8) is 0 Å². The number of fused-ring (bicyclic) bond motifs is 1. The molecule has 0 atom stereocenters. The minimum Gasteiger partial charge on any atom is -0.491 e. The van der Waals surface area contributed by atoms with Gasteiger partial charge in [-0.2, -0.15) is 0 Å². The zero-order valence-electron chi connectivity index (χ0n) is 9.30. The summed E-state index contributed by atoms with van der Waals surface area (Å²) >= 11 is 0. The minimum absolute atomic E-state index is 0.00343. The largest absolute Gasteiger partial charge is 0.491 e. The first-order valence-electron chi connectivity index (χ1n) is 4.71. The van der Waals surface area contributed by atoms with Gasteiger partial charge in [0.15, 0.2) is 5.75 Å². The molecule has 0 spiro atoms. The summed E-state index contributed by atoms with van der Waals surface area (Å²) in [6.45, 7) is 0. The number of benzene rings is 1. The Morgan fingerprint density at radius 1 is 1.29 bits per heavy atom. The van der Waals surface area contributed by atoms with Gasteiger partial charge in [0.05, 0.1) is 37.9 Å². The standard InChI is InChI=1S/C10H11N3O4/c1-16-9-7(11)5-3-12-13(15)4-6(5)8(14)10(9)17-2/h3-4,15H,11H2,1-2H3. The third-order valence-corrected chi connectivity index (χ3v) is 2.44. The molecule has 0 unspecified atom stereocenters. The van der Waals surface area contributed by atoms with E-state index in [9.17, 15) is 10.0 Å². The molecule has 0 bridgehead atoms. The number of aromatic nitrogens is 2. The van der Waals surface area contributed by atoms with Gasteiger partial charge < -0.3 is 20.4 Å². The molecule has 1 aliphatic heterocycles. The van der Waals surface area contributed by atoms with Crippen LogP contribution in [0.1, 0.15) is 0 Å². The third-order valence-electron chi connectivity index (χ3n) is 2.44. The molecule has 0 amide bonds. The molecule has 7 nitrogen and oxygen atoms in total. The van der Waals surface area contributed by atoms with Crippen LogP contribution in [0.2, 0.25) is 0 Å². The maximum Gasteiger partial charge on any atom is 0.233 e. The number of nitrogens with two attached hydrogens (primary N) is 1. The molecule has 17 heavy (non-hydrogen) atoms. The van der Waals surface area contributed by atoms with Gasteiger partial charge in [0.2, 0.25) is 11.2 Å². The molecular weight excluding hydrogens is 226 g/mol. The van der Waals surface area contributed by atoms with Crippen molar-refractivity contribution >= 4 is 5.69 Å². The van der Waals surface area contributed by atoms with E-state index in [1.165, 1.54) is 20.4 Å². The maximum absolute atomic E-state index is 12.0. The van der Waals surface area contributed by atoms with Crippen LogP contribution in [0.25, 0.3) is 11.1 Å². The Morgan fingerprint density at radius 3 is 2.53 bits per heavy atom. The highest BCUT2D eigenvalue weighted by atomic mass is 16.5. The van der Waals surface area contributed by atoms with Crippen LogP contribution in [0.3, 0.4) is 0 Å². The van der Waals surface area contributed by atoms with Gasteiger partial charge in [0.25, 0.3) is 0 Å². The van der Waals surface area contributed by atoms with Crippen molar-refractivity contribution < 1.29 is 14.7 Å². The molecule has 0 saturated carbocycles. The zero-order chi connectivity index (χ0) is 12.6. The molecule has 0 fully saturated rings. The molecule has 0 aromatic heterocycles. The molecule has 0 aromatic rings. The van der Waals surface area contributed by atoms with Crippen LogP contribution in [0.4, 0.5) is 5.69 Å². The highest BCUT2D eigenvalue weighted by Gasteiger charge is 2.22. The number of methoxy groups -OCH3 is 2. The van der Waals surface area contributed by atoms with Crippen molar-refractivity contribution in [1.29, 1.82) is 0 Å². The van der Waals surface area contributed by atoms with Crippen LogP contribution in [-0.2, 0) is 0 Å². The summed E-state index contributed by atoms with van der Waals surface area (Å²) in [5, 5.41) is 12.8. The number of nitrogens with zero attached hydrogens (tertiary/aromatic N) is 2. The molecule has 2 rings (SSSR count). The Labute approximate surface area is 96.3 Å². The fourth-order valence-corrected chi connectivity index (χ4v) is 1.66. The van der Waals surface area contributed by atoms with Gasteiger partial charge >= 0.3 is 0 Å². The van der Waals surface area contributed by atoms with Crippen molar-refractivity contribution in [2.24, 2.45) is 0 Å². The Hall–Kier alpha value is -2.44. The zero-order valence-corrected chi connectivity index (χ0v) is 9.30. The average molecular weight is 237 g/mol. The van der Waals surface area contributed by atoms with E-state index in [4.69, 9.17) is 15.2 Å². The molecule has 0 saturated heterocycles. The normalized spacial score (nSPS) is 10.5. The summed E-state index contributed by atoms with van der Waals surface area (Å²) in [5.41, 5.74) is 6.28. The van der Waals surface area contributed by atoms with Gasteiger partial charge in [-0.15, -0.1) is 9.94 Å². The summed E-state index contributed by atoms with van der Waals surface area (Å²) in [4.78, 5) is 12.6. The van der Waals surface area contributed by atoms with Crippen LogP contribution in [0, 0.1) is 0 Å². The average Bonchev–Trinajstić information content (AvgIpc) is 2.33. The lowest BCUT2D eigenvalue weighted by atomic mass is 10.0. The quantitative estimate of drug-likeness (QED) is 0.571. The van der Waals surface area contributed by atoms with Gasteiger partial charge in [-0.25, -0.2) is 0 Å². The van der Waals surface area contributed by atoms with E-state index in [0.717, 1.165) is 6.20 Å². The van der Waals surface area contributed by atoms with Crippen molar-refractivity contribution in [3.8, 4) is 22.6 Å². The Bertz CT molecular complexity index is 593. The molecule has 3 N–H and O–H groups in total. The van der Waals surface area contributed by atoms with Crippen LogP contribution >= 0.6 is 0 Å². The molecule has 0 aromatic carbocycles. The second-order valence-corrected chi connectivity index (χ2v) is 3.33. The number of rotatable bonds is 2. The summed E-state index contributed by atoms with van der Waals surface area (Å²) < 4.78 is 10.0. The Morgan fingerprint density at radius 2 is 1.94 bits per heavy atom. The Kier molecular flexibility index (Phi) is 2.51. The summed E-state index contributed by atoms with van der Waals surface area (Å²) in [6, 6.07) is 0. The number of anilines is 1. The summed E-state index contributed by atoms with van der Waals surface area (Å²) in [7, 11) is 2.74. The molecule has 7 heteroatoms. The number of nitrogen functional groups attached to an aromatic ring is 1. The third kappa shape index (κ3) is 1.52. The van der Waals surface area contributed by atoms with E-state index >= 15 is 0 Å². The first kappa shape index (κ1) is 11.1. The lowest BCUT2D eigenvalue weighted by Gasteiger charge is -2.15. The molecule has 1 heterocycles. The molecule has 0 radical (unpaired) electrons. The monoisotopic (exact) mass is 237 g/mol. The minimum atomic E-state index is -0.418. The van der Waals surface area contributed by atoms with Crippen LogP contribution in [0.15, 0.2) is 17.2 Å². The molecule has 1 aliphatic carbocycles. The topological polar surface area (TPSA) is 99.6 Å².